The van der Waals surface area contributed by atoms with E-state index in [0.717, 1.165) is 56.1 Å². The van der Waals surface area contributed by atoms with E-state index < -0.39 is 11.8 Å². The second kappa shape index (κ2) is 12.0. The Hall–Kier alpha value is -4.14. The number of fused-ring (bicyclic) bond motifs is 2. The van der Waals surface area contributed by atoms with Crippen molar-refractivity contribution in [1.82, 2.24) is 19.4 Å². The Balaban J connectivity index is 1.11. The number of likely N-dealkylation sites (tertiary alicyclic amines) is 1. The number of pyridine rings is 1. The Morgan fingerprint density at radius 1 is 1.16 bits per heavy atom. The lowest BCUT2D eigenvalue weighted by molar-refractivity contribution is -0.0722. The minimum atomic E-state index is -1.04. The van der Waals surface area contributed by atoms with Crippen LogP contribution in [0.4, 0.5) is 0 Å². The highest BCUT2D eigenvalue weighted by molar-refractivity contribution is 6.30. The summed E-state index contributed by atoms with van der Waals surface area (Å²) in [6.07, 6.45) is 4.45. The third-order valence-corrected chi connectivity index (χ3v) is 9.08. The van der Waals surface area contributed by atoms with Crippen molar-refractivity contribution < 1.29 is 29.2 Å². The number of hydrogen-bond donors (Lipinski definition) is 2. The van der Waals surface area contributed by atoms with Crippen LogP contribution in [-0.4, -0.2) is 68.0 Å². The minimum Gasteiger partial charge on any atom is -0.478 e. The molecule has 3 aliphatic rings. The van der Waals surface area contributed by atoms with Crippen LogP contribution in [0.5, 0.6) is 11.5 Å². The number of aliphatic hydroxyl groups excluding tert-OH is 1. The maximum Gasteiger partial charge on any atom is 0.335 e. The molecule has 0 amide bonds. The summed E-state index contributed by atoms with van der Waals surface area (Å²) < 4.78 is 20.6. The number of aromatic carboxylic acids is 1. The first-order valence-corrected chi connectivity index (χ1v) is 15.5. The number of halogens is 1. The van der Waals surface area contributed by atoms with E-state index in [0.29, 0.717) is 52.1 Å². The molecule has 2 aromatic carbocycles. The van der Waals surface area contributed by atoms with Gasteiger partial charge in [-0.25, -0.2) is 9.78 Å². The fraction of sp³-hybridized carbons (Fsp3) is 0.382. The van der Waals surface area contributed by atoms with Gasteiger partial charge in [0.2, 0.25) is 0 Å². The number of rotatable bonds is 7. The van der Waals surface area contributed by atoms with Crippen molar-refractivity contribution in [3.05, 3.63) is 81.9 Å². The molecular formula is C34H33ClN4O6. The molecule has 2 N–H and O–H groups in total. The van der Waals surface area contributed by atoms with Gasteiger partial charge in [0.05, 0.1) is 40.9 Å². The van der Waals surface area contributed by atoms with Crippen LogP contribution >= 0.6 is 11.6 Å². The van der Waals surface area contributed by atoms with Gasteiger partial charge in [-0.3, -0.25) is 9.88 Å². The number of benzene rings is 2. The van der Waals surface area contributed by atoms with E-state index in [9.17, 15) is 15.0 Å². The van der Waals surface area contributed by atoms with E-state index in [1.165, 1.54) is 6.07 Å². The van der Waals surface area contributed by atoms with Gasteiger partial charge >= 0.3 is 5.97 Å². The van der Waals surface area contributed by atoms with Crippen LogP contribution in [0.2, 0.25) is 5.02 Å². The molecule has 45 heavy (non-hydrogen) atoms. The van der Waals surface area contributed by atoms with E-state index in [4.69, 9.17) is 30.8 Å². The number of carboxylic acids is 1. The fourth-order valence-corrected chi connectivity index (χ4v) is 6.51. The quantitative estimate of drug-likeness (QED) is 0.274. The molecule has 232 valence electrons. The maximum absolute atomic E-state index is 11.9. The summed E-state index contributed by atoms with van der Waals surface area (Å²) in [6, 6.07) is 12.9. The van der Waals surface area contributed by atoms with Gasteiger partial charge in [0, 0.05) is 25.3 Å². The summed E-state index contributed by atoms with van der Waals surface area (Å²) in [6.45, 7) is 5.18. The highest BCUT2D eigenvalue weighted by atomic mass is 35.5. The number of aliphatic hydroxyl groups is 1. The van der Waals surface area contributed by atoms with E-state index in [-0.39, 0.29) is 18.3 Å². The third-order valence-electron chi connectivity index (χ3n) is 8.86. The van der Waals surface area contributed by atoms with Crippen molar-refractivity contribution in [2.45, 2.75) is 57.1 Å². The molecule has 1 unspecified atom stereocenters. The van der Waals surface area contributed by atoms with Crippen molar-refractivity contribution in [1.29, 1.82) is 0 Å². The molecule has 10 nitrogen and oxygen atoms in total. The van der Waals surface area contributed by atoms with Crippen LogP contribution in [-0.2, 0) is 23.6 Å². The molecule has 4 aromatic rings. The minimum absolute atomic E-state index is 0.0588. The highest BCUT2D eigenvalue weighted by Crippen LogP contribution is 2.49. The van der Waals surface area contributed by atoms with E-state index in [1.807, 2.05) is 25.1 Å². The molecule has 0 spiro atoms. The van der Waals surface area contributed by atoms with E-state index in [1.54, 1.807) is 18.3 Å². The smallest absolute Gasteiger partial charge is 0.335 e. The number of ether oxygens (including phenoxy) is 3. The van der Waals surface area contributed by atoms with Crippen molar-refractivity contribution in [2.24, 2.45) is 0 Å². The SMILES string of the molecule is CC1(c2ccc(Cl)cn2)Oc2cccc(C3CCN(Cc4nc5c(C#CCO)cc(C(=O)O)cc5n4C[C@@H]4CCO4)CC3)c2O1. The zero-order valence-corrected chi connectivity index (χ0v) is 25.6. The number of nitrogens with zero attached hydrogens (tertiary/aromatic N) is 4. The first kappa shape index (κ1) is 29.6. The number of para-hydroxylation sites is 1. The molecule has 2 fully saturated rings. The molecule has 0 bridgehead atoms. The Kier molecular flexibility index (Phi) is 7.88. The number of aromatic nitrogens is 3. The predicted molar refractivity (Wildman–Crippen MR) is 167 cm³/mol. The number of imidazole rings is 1. The summed E-state index contributed by atoms with van der Waals surface area (Å²) in [7, 11) is 0. The molecule has 0 saturated carbocycles. The van der Waals surface area contributed by atoms with Crippen molar-refractivity contribution in [3.8, 4) is 23.3 Å². The van der Waals surface area contributed by atoms with Crippen LogP contribution in [0.3, 0.4) is 0 Å². The van der Waals surface area contributed by atoms with Crippen LogP contribution in [0.1, 0.15) is 65.1 Å². The van der Waals surface area contributed by atoms with Gasteiger partial charge in [0.25, 0.3) is 5.79 Å². The van der Waals surface area contributed by atoms with Gasteiger partial charge < -0.3 is 29.0 Å². The lowest BCUT2D eigenvalue weighted by Crippen LogP contribution is -2.35. The monoisotopic (exact) mass is 628 g/mol. The van der Waals surface area contributed by atoms with Gasteiger partial charge in [-0.05, 0) is 68.6 Å². The van der Waals surface area contributed by atoms with Crippen molar-refractivity contribution >= 4 is 28.6 Å². The van der Waals surface area contributed by atoms with Gasteiger partial charge in [-0.2, -0.15) is 0 Å². The summed E-state index contributed by atoms with van der Waals surface area (Å²) in [5, 5.41) is 19.6. The second-order valence-corrected chi connectivity index (χ2v) is 12.2. The summed E-state index contributed by atoms with van der Waals surface area (Å²) in [5.74, 6) is 6.10. The average Bonchev–Trinajstić information content (AvgIpc) is 3.55. The Labute approximate surface area is 265 Å². The second-order valence-electron chi connectivity index (χ2n) is 11.8. The molecular weight excluding hydrogens is 596 g/mol. The van der Waals surface area contributed by atoms with Crippen LogP contribution in [0, 0.1) is 11.8 Å². The molecule has 7 rings (SSSR count). The summed E-state index contributed by atoms with van der Waals surface area (Å²) in [5.41, 5.74) is 3.77. The van der Waals surface area contributed by atoms with Crippen molar-refractivity contribution in [3.63, 3.8) is 0 Å². The molecule has 11 heteroatoms. The molecule has 3 aliphatic heterocycles. The van der Waals surface area contributed by atoms with Gasteiger partial charge in [0.1, 0.15) is 23.6 Å². The summed E-state index contributed by atoms with van der Waals surface area (Å²) in [4.78, 5) is 23.8. The van der Waals surface area contributed by atoms with Gasteiger partial charge in [-0.1, -0.05) is 35.6 Å². The predicted octanol–water partition coefficient (Wildman–Crippen LogP) is 4.94. The van der Waals surface area contributed by atoms with E-state index >= 15 is 0 Å². The van der Waals surface area contributed by atoms with Gasteiger partial charge in [0.15, 0.2) is 11.5 Å². The molecule has 0 radical (unpaired) electrons. The Morgan fingerprint density at radius 3 is 2.67 bits per heavy atom. The normalized spacial score (nSPS) is 21.4. The number of carboxylic acid groups (broad SMARTS) is 1. The fourth-order valence-electron chi connectivity index (χ4n) is 6.40. The maximum atomic E-state index is 11.9. The lowest BCUT2D eigenvalue weighted by Gasteiger charge is -2.33. The molecule has 0 aliphatic carbocycles. The Morgan fingerprint density at radius 2 is 1.98 bits per heavy atom. The molecule has 2 aromatic heterocycles. The average molecular weight is 629 g/mol. The lowest BCUT2D eigenvalue weighted by atomic mass is 9.88. The standard InChI is InChI=1S/C34H33ClN4O6/c1-34(29-8-7-24(35)18-36-29)44-28-6-2-5-26(32(28)45-34)21-9-12-38(13-10-21)20-30-37-31-22(4-3-14-40)16-23(33(41)42)17-27(31)39(30)19-25-11-15-43-25/h2,5-8,16-18,21,25,40H,9-15,19-20H2,1H3,(H,41,42)/t25-,34?/m0/s1. The van der Waals surface area contributed by atoms with Gasteiger partial charge in [-0.15, -0.1) is 0 Å². The van der Waals surface area contributed by atoms with Crippen LogP contribution in [0.25, 0.3) is 11.0 Å². The molecule has 2 atom stereocenters. The number of carbonyl (C=O) groups is 1. The first-order valence-electron chi connectivity index (χ1n) is 15.1. The number of hydrogen-bond acceptors (Lipinski definition) is 8. The van der Waals surface area contributed by atoms with Crippen molar-refractivity contribution in [2.75, 3.05) is 26.3 Å². The number of piperidine rings is 1. The topological polar surface area (TPSA) is 119 Å². The highest BCUT2D eigenvalue weighted by Gasteiger charge is 2.42. The third kappa shape index (κ3) is 5.73. The largest absolute Gasteiger partial charge is 0.478 e. The molecule has 5 heterocycles. The van der Waals surface area contributed by atoms with Crippen LogP contribution in [0.15, 0.2) is 48.7 Å². The first-order chi connectivity index (χ1) is 21.8. The van der Waals surface area contributed by atoms with E-state index in [2.05, 4.69) is 32.4 Å². The van der Waals surface area contributed by atoms with Crippen LogP contribution < -0.4 is 9.47 Å². The molecule has 2 saturated heterocycles. The summed E-state index contributed by atoms with van der Waals surface area (Å²) >= 11 is 6.05. The zero-order valence-electron chi connectivity index (χ0n) is 24.8. The Bertz CT molecular complexity index is 1820. The zero-order chi connectivity index (χ0) is 31.1.